The minimum absolute atomic E-state index is 0.00986. The van der Waals surface area contributed by atoms with E-state index in [9.17, 15) is 9.59 Å². The summed E-state index contributed by atoms with van der Waals surface area (Å²) in [6, 6.07) is 0. The van der Waals surface area contributed by atoms with Gasteiger partial charge in [0.25, 0.3) is 0 Å². The van der Waals surface area contributed by atoms with E-state index in [0.29, 0.717) is 32.7 Å². The van der Waals surface area contributed by atoms with Crippen LogP contribution in [0.2, 0.25) is 0 Å². The second-order valence-corrected chi connectivity index (χ2v) is 5.39. The van der Waals surface area contributed by atoms with Crippen LogP contribution < -0.4 is 4.87 Å². The lowest BCUT2D eigenvalue weighted by atomic mass is 10.2. The largest absolute Gasteiger partial charge is 0.375 e. The van der Waals surface area contributed by atoms with E-state index in [-0.39, 0.29) is 16.9 Å². The summed E-state index contributed by atoms with van der Waals surface area (Å²) in [5.74, 6) is 0.0997. The summed E-state index contributed by atoms with van der Waals surface area (Å²) in [5.41, 5.74) is 0.924. The maximum Gasteiger partial charge on any atom is 0.307 e. The molecule has 5 nitrogen and oxygen atoms in total. The van der Waals surface area contributed by atoms with Crippen molar-refractivity contribution < 1.29 is 9.53 Å². The number of carbonyl (C=O) groups is 1. The van der Waals surface area contributed by atoms with E-state index in [4.69, 9.17) is 4.74 Å². The smallest absolute Gasteiger partial charge is 0.307 e. The van der Waals surface area contributed by atoms with Crippen LogP contribution in [0.1, 0.15) is 19.0 Å². The molecular formula is C12H18N2O3S. The van der Waals surface area contributed by atoms with Crippen LogP contribution >= 0.6 is 11.3 Å². The zero-order chi connectivity index (χ0) is 13.1. The maximum atomic E-state index is 12.0. The third-order valence-electron chi connectivity index (χ3n) is 3.12. The van der Waals surface area contributed by atoms with Crippen molar-refractivity contribution >= 4 is 17.2 Å². The van der Waals surface area contributed by atoms with E-state index < -0.39 is 0 Å². The minimum Gasteiger partial charge on any atom is -0.375 e. The van der Waals surface area contributed by atoms with Gasteiger partial charge in [0, 0.05) is 37.1 Å². The topological polar surface area (TPSA) is 51.5 Å². The number of hydrogen-bond acceptors (Lipinski definition) is 4. The SMILES string of the molecule is Cc1csc(=O)n1CCC(=O)N1CCO[C@H](C)C1. The molecule has 2 rings (SSSR count). The highest BCUT2D eigenvalue weighted by Crippen LogP contribution is 2.07. The normalized spacial score (nSPS) is 20.1. The molecule has 1 saturated heterocycles. The Labute approximate surface area is 110 Å². The summed E-state index contributed by atoms with van der Waals surface area (Å²) in [5, 5.41) is 1.82. The summed E-state index contributed by atoms with van der Waals surface area (Å²) >= 11 is 1.18. The molecule has 18 heavy (non-hydrogen) atoms. The van der Waals surface area contributed by atoms with Crippen LogP contribution in [0.4, 0.5) is 0 Å². The van der Waals surface area contributed by atoms with Gasteiger partial charge >= 0.3 is 4.87 Å². The van der Waals surface area contributed by atoms with Crippen LogP contribution in [-0.4, -0.2) is 41.2 Å². The number of aromatic nitrogens is 1. The van der Waals surface area contributed by atoms with Crippen LogP contribution in [0, 0.1) is 6.92 Å². The second kappa shape index (κ2) is 5.67. The summed E-state index contributed by atoms with van der Waals surface area (Å²) < 4.78 is 7.06. The molecule has 0 spiro atoms. The lowest BCUT2D eigenvalue weighted by Crippen LogP contribution is -2.44. The van der Waals surface area contributed by atoms with Gasteiger partial charge in [-0.2, -0.15) is 0 Å². The van der Waals surface area contributed by atoms with E-state index in [1.54, 1.807) is 4.57 Å². The summed E-state index contributed by atoms with van der Waals surface area (Å²) in [4.78, 5) is 25.4. The van der Waals surface area contributed by atoms with Crippen LogP contribution in [0.3, 0.4) is 0 Å². The van der Waals surface area contributed by atoms with Crippen molar-refractivity contribution in [1.82, 2.24) is 9.47 Å². The van der Waals surface area contributed by atoms with E-state index in [1.807, 2.05) is 24.1 Å². The maximum absolute atomic E-state index is 12.0. The second-order valence-electron chi connectivity index (χ2n) is 4.57. The molecule has 0 radical (unpaired) electrons. The van der Waals surface area contributed by atoms with Crippen molar-refractivity contribution in [2.24, 2.45) is 0 Å². The number of rotatable bonds is 3. The Kier molecular flexibility index (Phi) is 4.19. The highest BCUT2D eigenvalue weighted by atomic mass is 32.1. The van der Waals surface area contributed by atoms with Crippen molar-refractivity contribution in [3.8, 4) is 0 Å². The van der Waals surface area contributed by atoms with Gasteiger partial charge in [-0.05, 0) is 13.8 Å². The van der Waals surface area contributed by atoms with Gasteiger partial charge in [-0.3, -0.25) is 9.59 Å². The Balaban J connectivity index is 1.90. The zero-order valence-electron chi connectivity index (χ0n) is 10.7. The lowest BCUT2D eigenvalue weighted by Gasteiger charge is -2.31. The molecule has 1 aromatic rings. The average Bonchev–Trinajstić information content (AvgIpc) is 2.66. The van der Waals surface area contributed by atoms with Gasteiger partial charge in [-0.1, -0.05) is 11.3 Å². The number of carbonyl (C=O) groups excluding carboxylic acids is 1. The van der Waals surface area contributed by atoms with Gasteiger partial charge in [0.05, 0.1) is 12.7 Å². The molecule has 0 bridgehead atoms. The molecule has 0 aliphatic carbocycles. The van der Waals surface area contributed by atoms with Crippen LogP contribution in [0.5, 0.6) is 0 Å². The molecule has 0 N–H and O–H groups in total. The van der Waals surface area contributed by atoms with Crippen LogP contribution in [0.15, 0.2) is 10.2 Å². The van der Waals surface area contributed by atoms with Gasteiger partial charge in [0.1, 0.15) is 0 Å². The Hall–Kier alpha value is -1.14. The van der Waals surface area contributed by atoms with Crippen LogP contribution in [-0.2, 0) is 16.1 Å². The van der Waals surface area contributed by atoms with Crippen LogP contribution in [0.25, 0.3) is 0 Å². The third-order valence-corrected chi connectivity index (χ3v) is 4.00. The standard InChI is InChI=1S/C12H18N2O3S/c1-9-8-18-12(16)14(9)4-3-11(15)13-5-6-17-10(2)7-13/h8,10H,3-7H2,1-2H3/t10-/m1/s1. The number of thiazole rings is 1. The number of aryl methyl sites for hydroxylation is 1. The molecule has 1 aliphatic rings. The summed E-state index contributed by atoms with van der Waals surface area (Å²) in [7, 11) is 0. The Morgan fingerprint density at radius 1 is 1.61 bits per heavy atom. The summed E-state index contributed by atoms with van der Waals surface area (Å²) in [6.45, 7) is 6.23. The quantitative estimate of drug-likeness (QED) is 0.818. The fourth-order valence-corrected chi connectivity index (χ4v) is 2.85. The van der Waals surface area contributed by atoms with E-state index >= 15 is 0 Å². The van der Waals surface area contributed by atoms with Gasteiger partial charge in [-0.25, -0.2) is 0 Å². The van der Waals surface area contributed by atoms with Crippen molar-refractivity contribution in [3.63, 3.8) is 0 Å². The highest BCUT2D eigenvalue weighted by Gasteiger charge is 2.21. The third kappa shape index (κ3) is 3.00. The van der Waals surface area contributed by atoms with E-state index in [2.05, 4.69) is 0 Å². The molecule has 0 saturated carbocycles. The minimum atomic E-state index is 0.00986. The molecular weight excluding hydrogens is 252 g/mol. The first-order valence-electron chi connectivity index (χ1n) is 6.12. The highest BCUT2D eigenvalue weighted by molar-refractivity contribution is 7.07. The number of morpholine rings is 1. The van der Waals surface area contributed by atoms with Crippen molar-refractivity contribution in [2.75, 3.05) is 19.7 Å². The molecule has 6 heteroatoms. The van der Waals surface area contributed by atoms with Crippen molar-refractivity contribution in [1.29, 1.82) is 0 Å². The van der Waals surface area contributed by atoms with E-state index in [0.717, 1.165) is 5.69 Å². The molecule has 0 aromatic carbocycles. The van der Waals surface area contributed by atoms with Crippen molar-refractivity contribution in [3.05, 3.63) is 20.7 Å². The zero-order valence-corrected chi connectivity index (χ0v) is 11.5. The Morgan fingerprint density at radius 3 is 3.00 bits per heavy atom. The monoisotopic (exact) mass is 270 g/mol. The predicted octanol–water partition coefficient (Wildman–Crippen LogP) is 0.856. The number of hydrogen-bond donors (Lipinski definition) is 0. The molecule has 1 atom stereocenters. The van der Waals surface area contributed by atoms with Gasteiger partial charge in [-0.15, -0.1) is 0 Å². The molecule has 1 aliphatic heterocycles. The Bertz CT molecular complexity index is 480. The molecule has 2 heterocycles. The number of nitrogens with zero attached hydrogens (tertiary/aromatic N) is 2. The fraction of sp³-hybridized carbons (Fsp3) is 0.667. The molecule has 100 valence electrons. The van der Waals surface area contributed by atoms with Crippen molar-refractivity contribution in [2.45, 2.75) is 32.9 Å². The molecule has 1 aromatic heterocycles. The first kappa shape index (κ1) is 13.3. The predicted molar refractivity (Wildman–Crippen MR) is 69.9 cm³/mol. The Morgan fingerprint density at radius 2 is 2.39 bits per heavy atom. The van der Waals surface area contributed by atoms with Gasteiger partial charge < -0.3 is 14.2 Å². The first-order chi connectivity index (χ1) is 8.58. The molecule has 1 amide bonds. The average molecular weight is 270 g/mol. The molecule has 0 unspecified atom stereocenters. The first-order valence-corrected chi connectivity index (χ1v) is 7.00. The number of ether oxygens (including phenoxy) is 1. The van der Waals surface area contributed by atoms with Gasteiger partial charge in [0.2, 0.25) is 5.91 Å². The lowest BCUT2D eigenvalue weighted by molar-refractivity contribution is -0.138. The molecule has 1 fully saturated rings. The summed E-state index contributed by atoms with van der Waals surface area (Å²) in [6.07, 6.45) is 0.484. The fourth-order valence-electron chi connectivity index (χ4n) is 2.09. The number of amides is 1. The van der Waals surface area contributed by atoms with E-state index in [1.165, 1.54) is 11.3 Å². The van der Waals surface area contributed by atoms with Gasteiger partial charge in [0.15, 0.2) is 0 Å².